The van der Waals surface area contributed by atoms with Crippen LogP contribution in [-0.4, -0.2) is 38.0 Å². The second-order valence-corrected chi connectivity index (χ2v) is 7.57. The number of halogens is 1. The van der Waals surface area contributed by atoms with Gasteiger partial charge in [0.25, 0.3) is 0 Å². The molecule has 1 saturated heterocycles. The smallest absolute Gasteiger partial charge is 0.230 e. The molecule has 1 spiro atoms. The molecule has 3 aromatic heterocycles. The summed E-state index contributed by atoms with van der Waals surface area (Å²) in [6.45, 7) is 6.18. The van der Waals surface area contributed by atoms with Crippen LogP contribution >= 0.6 is 12.4 Å². The minimum atomic E-state index is 0. The van der Waals surface area contributed by atoms with Crippen molar-refractivity contribution in [1.82, 2.24) is 30.2 Å². The molecule has 0 amide bonds. The van der Waals surface area contributed by atoms with E-state index in [1.807, 2.05) is 36.7 Å². The van der Waals surface area contributed by atoms with Crippen molar-refractivity contribution in [3.05, 3.63) is 41.7 Å². The van der Waals surface area contributed by atoms with Crippen molar-refractivity contribution in [2.45, 2.75) is 39.0 Å². The molecule has 2 aliphatic rings. The predicted octanol–water partition coefficient (Wildman–Crippen LogP) is 3.21. The zero-order valence-corrected chi connectivity index (χ0v) is 16.3. The highest BCUT2D eigenvalue weighted by Gasteiger charge is 2.57. The summed E-state index contributed by atoms with van der Waals surface area (Å²) in [5.41, 5.74) is 3.30. The fraction of sp³-hybridized carbons (Fsp3) is 0.474. The number of piperidine rings is 1. The zero-order chi connectivity index (χ0) is 17.7. The lowest BCUT2D eigenvalue weighted by Gasteiger charge is -2.22. The van der Waals surface area contributed by atoms with Crippen LogP contribution in [0.4, 0.5) is 0 Å². The Morgan fingerprint density at radius 3 is 2.70 bits per heavy atom. The Morgan fingerprint density at radius 1 is 1.22 bits per heavy atom. The number of pyridine rings is 1. The molecule has 1 aliphatic heterocycles. The molecule has 27 heavy (non-hydrogen) atoms. The molecule has 0 aromatic carbocycles. The highest BCUT2D eigenvalue weighted by molar-refractivity contribution is 5.85. The van der Waals surface area contributed by atoms with Crippen LogP contribution in [0.25, 0.3) is 17.2 Å². The summed E-state index contributed by atoms with van der Waals surface area (Å²) in [7, 11) is 0. The van der Waals surface area contributed by atoms with Crippen molar-refractivity contribution in [1.29, 1.82) is 0 Å². The van der Waals surface area contributed by atoms with Crippen LogP contribution in [0.5, 0.6) is 0 Å². The van der Waals surface area contributed by atoms with Crippen molar-refractivity contribution < 1.29 is 4.52 Å². The van der Waals surface area contributed by atoms with Gasteiger partial charge in [-0.2, -0.15) is 10.1 Å². The molecule has 3 aromatic rings. The molecule has 1 N–H and O–H groups in total. The zero-order valence-electron chi connectivity index (χ0n) is 15.5. The van der Waals surface area contributed by atoms with E-state index in [0.717, 1.165) is 41.7 Å². The van der Waals surface area contributed by atoms with Gasteiger partial charge in [0.15, 0.2) is 5.82 Å². The lowest BCUT2D eigenvalue weighted by atomic mass is 9.92. The largest absolute Gasteiger partial charge is 0.339 e. The number of rotatable bonds is 3. The number of nitrogens with one attached hydrogen (secondary N) is 1. The first-order chi connectivity index (χ1) is 12.6. The second-order valence-electron chi connectivity index (χ2n) is 7.57. The quantitative estimate of drug-likeness (QED) is 0.744. The number of hydrogen-bond donors (Lipinski definition) is 1. The van der Waals surface area contributed by atoms with Crippen LogP contribution in [0.1, 0.15) is 42.5 Å². The van der Waals surface area contributed by atoms with Gasteiger partial charge in [0.1, 0.15) is 0 Å². The third-order valence-electron chi connectivity index (χ3n) is 5.76. The average Bonchev–Trinajstić information content (AvgIpc) is 3.00. The van der Waals surface area contributed by atoms with Gasteiger partial charge < -0.3 is 9.84 Å². The van der Waals surface area contributed by atoms with E-state index in [4.69, 9.17) is 4.52 Å². The first-order valence-corrected chi connectivity index (χ1v) is 9.19. The molecule has 2 fully saturated rings. The summed E-state index contributed by atoms with van der Waals surface area (Å²) in [6.07, 6.45) is 5.36. The van der Waals surface area contributed by atoms with Crippen molar-refractivity contribution in [2.75, 3.05) is 13.1 Å². The summed E-state index contributed by atoms with van der Waals surface area (Å²) >= 11 is 0. The maximum atomic E-state index is 5.58. The Hall–Kier alpha value is -2.25. The molecule has 7 nitrogen and oxygen atoms in total. The molecule has 0 radical (unpaired) electrons. The van der Waals surface area contributed by atoms with Gasteiger partial charge in [0, 0.05) is 23.4 Å². The maximum Gasteiger partial charge on any atom is 0.230 e. The Labute approximate surface area is 164 Å². The molecule has 5 rings (SSSR count). The third kappa shape index (κ3) is 3.15. The van der Waals surface area contributed by atoms with E-state index < -0.39 is 0 Å². The van der Waals surface area contributed by atoms with E-state index in [2.05, 4.69) is 25.5 Å². The van der Waals surface area contributed by atoms with Crippen molar-refractivity contribution in [3.63, 3.8) is 0 Å². The van der Waals surface area contributed by atoms with Gasteiger partial charge in [-0.25, -0.2) is 9.67 Å². The van der Waals surface area contributed by atoms with E-state index in [1.54, 1.807) is 6.20 Å². The third-order valence-corrected chi connectivity index (χ3v) is 5.76. The fourth-order valence-electron chi connectivity index (χ4n) is 4.17. The molecular weight excluding hydrogens is 364 g/mol. The number of aromatic nitrogens is 5. The van der Waals surface area contributed by atoms with Gasteiger partial charge in [-0.15, -0.1) is 12.4 Å². The summed E-state index contributed by atoms with van der Waals surface area (Å²) < 4.78 is 7.42. The molecule has 8 heteroatoms. The Kier molecular flexibility index (Phi) is 4.52. The van der Waals surface area contributed by atoms with Gasteiger partial charge in [-0.3, -0.25) is 0 Å². The molecule has 4 heterocycles. The minimum absolute atomic E-state index is 0. The van der Waals surface area contributed by atoms with Crippen LogP contribution in [0.2, 0.25) is 0 Å². The van der Waals surface area contributed by atoms with E-state index in [-0.39, 0.29) is 12.4 Å². The SMILES string of the molecule is Cc1cc(C)n(-c2ccc(-c3noc(C4CC45CCNCC5)n3)cn2)n1.Cl. The monoisotopic (exact) mass is 386 g/mol. The molecule has 142 valence electrons. The summed E-state index contributed by atoms with van der Waals surface area (Å²) in [5, 5.41) is 12.1. The van der Waals surface area contributed by atoms with Crippen molar-refractivity contribution in [2.24, 2.45) is 5.41 Å². The van der Waals surface area contributed by atoms with Crippen LogP contribution in [0.15, 0.2) is 28.9 Å². The lowest BCUT2D eigenvalue weighted by molar-refractivity contribution is 0.311. The second kappa shape index (κ2) is 6.73. The van der Waals surface area contributed by atoms with Crippen molar-refractivity contribution >= 4 is 12.4 Å². The van der Waals surface area contributed by atoms with Crippen LogP contribution in [-0.2, 0) is 0 Å². The van der Waals surface area contributed by atoms with Gasteiger partial charge in [-0.05, 0) is 69.8 Å². The van der Waals surface area contributed by atoms with Gasteiger partial charge >= 0.3 is 0 Å². The molecular formula is C19H23ClN6O. The number of nitrogens with zero attached hydrogens (tertiary/aromatic N) is 5. The standard InChI is InChI=1S/C19H22N6O.ClH/c1-12-9-13(2)25(23-12)16-4-3-14(11-21-16)17-22-18(26-24-17)15-10-19(15)5-7-20-8-6-19;/h3-4,9,11,15,20H,5-8,10H2,1-2H3;1H. The van der Waals surface area contributed by atoms with E-state index in [1.165, 1.54) is 19.3 Å². The number of hydrogen-bond acceptors (Lipinski definition) is 6. The first-order valence-electron chi connectivity index (χ1n) is 9.19. The highest BCUT2D eigenvalue weighted by Crippen LogP contribution is 2.63. The van der Waals surface area contributed by atoms with Crippen molar-refractivity contribution in [3.8, 4) is 17.2 Å². The molecule has 1 atom stereocenters. The van der Waals surface area contributed by atoms with E-state index >= 15 is 0 Å². The number of aryl methyl sites for hydroxylation is 2. The fourth-order valence-corrected chi connectivity index (χ4v) is 4.17. The highest BCUT2D eigenvalue weighted by atomic mass is 35.5. The maximum absolute atomic E-state index is 5.58. The molecule has 1 unspecified atom stereocenters. The molecule has 1 saturated carbocycles. The van der Waals surface area contributed by atoms with E-state index in [9.17, 15) is 0 Å². The van der Waals surface area contributed by atoms with Gasteiger partial charge in [0.05, 0.1) is 5.69 Å². The Balaban J connectivity index is 0.00000180. The predicted molar refractivity (Wildman–Crippen MR) is 103 cm³/mol. The van der Waals surface area contributed by atoms with Crippen LogP contribution < -0.4 is 5.32 Å². The average molecular weight is 387 g/mol. The topological polar surface area (TPSA) is 81.7 Å². The van der Waals surface area contributed by atoms with Crippen LogP contribution in [0, 0.1) is 19.3 Å². The van der Waals surface area contributed by atoms with Gasteiger partial charge in [-0.1, -0.05) is 5.16 Å². The van der Waals surface area contributed by atoms with Gasteiger partial charge in [0.2, 0.25) is 11.7 Å². The Morgan fingerprint density at radius 2 is 2.04 bits per heavy atom. The van der Waals surface area contributed by atoms with E-state index in [0.29, 0.717) is 17.2 Å². The Bertz CT molecular complexity index is 942. The molecule has 0 bridgehead atoms. The first kappa shape index (κ1) is 18.1. The summed E-state index contributed by atoms with van der Waals surface area (Å²) in [5.74, 6) is 2.61. The van der Waals surface area contributed by atoms with Crippen LogP contribution in [0.3, 0.4) is 0 Å². The molecule has 1 aliphatic carbocycles. The lowest BCUT2D eigenvalue weighted by Crippen LogP contribution is -2.29. The minimum Gasteiger partial charge on any atom is -0.339 e. The normalized spacial score (nSPS) is 20.4. The summed E-state index contributed by atoms with van der Waals surface area (Å²) in [4.78, 5) is 9.18. The summed E-state index contributed by atoms with van der Waals surface area (Å²) in [6, 6.07) is 5.95.